The highest BCUT2D eigenvalue weighted by Gasteiger charge is 2.14. The fraction of sp³-hybridized carbons (Fsp3) is 0.417. The van der Waals surface area contributed by atoms with E-state index >= 15 is 0 Å². The molecule has 1 aromatic carbocycles. The van der Waals surface area contributed by atoms with Crippen molar-refractivity contribution in [2.45, 2.75) is 6.10 Å². The summed E-state index contributed by atoms with van der Waals surface area (Å²) in [6.07, 6.45) is -0.559. The second-order valence-corrected chi connectivity index (χ2v) is 4.08. The Kier molecular flexibility index (Phi) is 4.23. The maximum absolute atomic E-state index is 9.42. The molecule has 0 saturated heterocycles. The number of alkyl halides is 1. The van der Waals surface area contributed by atoms with E-state index in [-0.39, 0.29) is 5.88 Å². The number of nitrogens with zero attached hydrogens (tertiary/aromatic N) is 1. The van der Waals surface area contributed by atoms with Gasteiger partial charge in [-0.3, -0.25) is 0 Å². The Labute approximate surface area is 105 Å². The number of halogens is 1. The van der Waals surface area contributed by atoms with E-state index in [0.29, 0.717) is 25.6 Å². The molecule has 1 unspecified atom stereocenters. The molecule has 0 saturated carbocycles. The highest BCUT2D eigenvalue weighted by atomic mass is 35.5. The molecule has 1 aliphatic heterocycles. The van der Waals surface area contributed by atoms with Crippen LogP contribution < -0.4 is 5.32 Å². The van der Waals surface area contributed by atoms with E-state index in [2.05, 4.69) is 10.3 Å². The minimum Gasteiger partial charge on any atom is -0.475 e. The maximum atomic E-state index is 9.42. The molecule has 1 aromatic rings. The third-order valence-electron chi connectivity index (χ3n) is 2.45. The molecule has 0 aliphatic carbocycles. The summed E-state index contributed by atoms with van der Waals surface area (Å²) in [7, 11) is 0. The third-order valence-corrected chi connectivity index (χ3v) is 2.81. The van der Waals surface area contributed by atoms with Gasteiger partial charge in [-0.15, -0.1) is 11.6 Å². The smallest absolute Gasteiger partial charge is 0.218 e. The van der Waals surface area contributed by atoms with Gasteiger partial charge in [0.25, 0.3) is 0 Å². The number of benzene rings is 1. The molecule has 4 nitrogen and oxygen atoms in total. The van der Waals surface area contributed by atoms with Crippen LogP contribution in [0.4, 0.5) is 5.69 Å². The average molecular weight is 255 g/mol. The molecule has 17 heavy (non-hydrogen) atoms. The standard InChI is InChI=1S/C12H15ClN2O2/c13-7-9(16)8-15-11-4-2-1-3-10(11)12-14-5-6-17-12/h1-4,9,15-16H,5-8H2. The van der Waals surface area contributed by atoms with E-state index < -0.39 is 6.10 Å². The molecular formula is C12H15ClN2O2. The van der Waals surface area contributed by atoms with E-state index in [1.807, 2.05) is 24.3 Å². The lowest BCUT2D eigenvalue weighted by atomic mass is 10.1. The average Bonchev–Trinajstić information content (AvgIpc) is 2.90. The van der Waals surface area contributed by atoms with Crippen LogP contribution in [-0.2, 0) is 4.74 Å². The summed E-state index contributed by atoms with van der Waals surface area (Å²) in [5.41, 5.74) is 1.82. The van der Waals surface area contributed by atoms with E-state index in [1.165, 1.54) is 0 Å². The van der Waals surface area contributed by atoms with Crippen LogP contribution in [0.25, 0.3) is 0 Å². The molecule has 2 rings (SSSR count). The Morgan fingerprint density at radius 1 is 1.47 bits per heavy atom. The van der Waals surface area contributed by atoms with Crippen molar-refractivity contribution in [3.8, 4) is 0 Å². The van der Waals surface area contributed by atoms with Gasteiger partial charge in [0.1, 0.15) is 6.61 Å². The molecule has 1 heterocycles. The van der Waals surface area contributed by atoms with Gasteiger partial charge in [-0.05, 0) is 12.1 Å². The molecule has 5 heteroatoms. The van der Waals surface area contributed by atoms with Crippen LogP contribution >= 0.6 is 11.6 Å². The normalized spacial score (nSPS) is 16.2. The van der Waals surface area contributed by atoms with Gasteiger partial charge >= 0.3 is 0 Å². The number of aliphatic hydroxyl groups excluding tert-OH is 1. The van der Waals surface area contributed by atoms with E-state index in [0.717, 1.165) is 11.3 Å². The van der Waals surface area contributed by atoms with Gasteiger partial charge in [0.05, 0.1) is 24.1 Å². The lowest BCUT2D eigenvalue weighted by molar-refractivity contribution is 0.211. The van der Waals surface area contributed by atoms with E-state index in [4.69, 9.17) is 16.3 Å². The first kappa shape index (κ1) is 12.2. The zero-order valence-electron chi connectivity index (χ0n) is 9.40. The van der Waals surface area contributed by atoms with Crippen LogP contribution in [0.1, 0.15) is 5.56 Å². The molecule has 0 radical (unpaired) electrons. The van der Waals surface area contributed by atoms with Gasteiger partial charge in [-0.25, -0.2) is 4.99 Å². The molecule has 0 aromatic heterocycles. The number of ether oxygens (including phenoxy) is 1. The fourth-order valence-corrected chi connectivity index (χ4v) is 1.71. The van der Waals surface area contributed by atoms with Crippen molar-refractivity contribution in [1.82, 2.24) is 0 Å². The molecule has 92 valence electrons. The Bertz CT molecular complexity index is 409. The quantitative estimate of drug-likeness (QED) is 0.783. The number of nitrogens with one attached hydrogen (secondary N) is 1. The van der Waals surface area contributed by atoms with Gasteiger partial charge < -0.3 is 15.2 Å². The van der Waals surface area contributed by atoms with Gasteiger partial charge in [-0.1, -0.05) is 12.1 Å². The van der Waals surface area contributed by atoms with Crippen molar-refractivity contribution in [3.63, 3.8) is 0 Å². The van der Waals surface area contributed by atoms with E-state index in [1.54, 1.807) is 0 Å². The SMILES string of the molecule is OC(CCl)CNc1ccccc1C1=NCCO1. The molecule has 1 atom stereocenters. The number of hydrogen-bond donors (Lipinski definition) is 2. The minimum atomic E-state index is -0.559. The minimum absolute atomic E-state index is 0.215. The highest BCUT2D eigenvalue weighted by Crippen LogP contribution is 2.18. The first-order valence-electron chi connectivity index (χ1n) is 5.56. The zero-order chi connectivity index (χ0) is 12.1. The highest BCUT2D eigenvalue weighted by molar-refractivity contribution is 6.18. The fourth-order valence-electron chi connectivity index (χ4n) is 1.60. The van der Waals surface area contributed by atoms with Gasteiger partial charge in [0.15, 0.2) is 0 Å². The van der Waals surface area contributed by atoms with Crippen LogP contribution in [-0.4, -0.2) is 42.7 Å². The number of aliphatic hydroxyl groups is 1. The zero-order valence-corrected chi connectivity index (χ0v) is 10.2. The van der Waals surface area contributed by atoms with E-state index in [9.17, 15) is 5.11 Å². The maximum Gasteiger partial charge on any atom is 0.218 e. The van der Waals surface area contributed by atoms with Crippen LogP contribution in [0.2, 0.25) is 0 Å². The Balaban J connectivity index is 2.10. The van der Waals surface area contributed by atoms with Crippen LogP contribution in [0.15, 0.2) is 29.3 Å². The largest absolute Gasteiger partial charge is 0.475 e. The van der Waals surface area contributed by atoms with Crippen molar-refractivity contribution in [1.29, 1.82) is 0 Å². The van der Waals surface area contributed by atoms with Crippen molar-refractivity contribution in [2.75, 3.05) is 30.9 Å². The van der Waals surface area contributed by atoms with Crippen molar-refractivity contribution in [2.24, 2.45) is 4.99 Å². The van der Waals surface area contributed by atoms with Gasteiger partial charge in [-0.2, -0.15) is 0 Å². The summed E-state index contributed by atoms with van der Waals surface area (Å²) in [5.74, 6) is 0.876. The monoisotopic (exact) mass is 254 g/mol. The van der Waals surface area contributed by atoms with Crippen molar-refractivity contribution in [3.05, 3.63) is 29.8 Å². The third kappa shape index (κ3) is 3.11. The molecular weight excluding hydrogens is 240 g/mol. The summed E-state index contributed by atoms with van der Waals surface area (Å²) in [6, 6.07) is 7.73. The predicted octanol–water partition coefficient (Wildman–Crippen LogP) is 1.47. The van der Waals surface area contributed by atoms with Crippen LogP contribution in [0.5, 0.6) is 0 Å². The second kappa shape index (κ2) is 5.89. The lowest BCUT2D eigenvalue weighted by Crippen LogP contribution is -2.21. The summed E-state index contributed by atoms with van der Waals surface area (Å²) in [4.78, 5) is 4.28. The first-order valence-corrected chi connectivity index (χ1v) is 6.09. The predicted molar refractivity (Wildman–Crippen MR) is 69.0 cm³/mol. The summed E-state index contributed by atoms with van der Waals surface area (Å²) in [5, 5.41) is 12.6. The lowest BCUT2D eigenvalue weighted by Gasteiger charge is -2.13. The number of hydrogen-bond acceptors (Lipinski definition) is 4. The van der Waals surface area contributed by atoms with Crippen molar-refractivity contribution < 1.29 is 9.84 Å². The number of rotatable bonds is 5. The molecule has 0 amide bonds. The van der Waals surface area contributed by atoms with Crippen LogP contribution in [0.3, 0.4) is 0 Å². The Hall–Kier alpha value is -1.26. The first-order chi connectivity index (χ1) is 8.31. The molecule has 0 fully saturated rings. The van der Waals surface area contributed by atoms with Gasteiger partial charge in [0, 0.05) is 12.2 Å². The topological polar surface area (TPSA) is 53.8 Å². The van der Waals surface area contributed by atoms with Crippen molar-refractivity contribution >= 4 is 23.2 Å². The Morgan fingerprint density at radius 2 is 2.29 bits per heavy atom. The molecule has 2 N–H and O–H groups in total. The number of para-hydroxylation sites is 1. The summed E-state index contributed by atoms with van der Waals surface area (Å²) in [6.45, 7) is 1.75. The Morgan fingerprint density at radius 3 is 3.00 bits per heavy atom. The molecule has 0 spiro atoms. The molecule has 1 aliphatic rings. The second-order valence-electron chi connectivity index (χ2n) is 3.77. The number of aliphatic imine (C=N–C) groups is 1. The summed E-state index contributed by atoms with van der Waals surface area (Å²) < 4.78 is 5.43. The molecule has 0 bridgehead atoms. The van der Waals surface area contributed by atoms with Gasteiger partial charge in [0.2, 0.25) is 5.90 Å². The van der Waals surface area contributed by atoms with Crippen LogP contribution in [0, 0.1) is 0 Å². The summed E-state index contributed by atoms with van der Waals surface area (Å²) >= 11 is 5.55. The number of anilines is 1.